The van der Waals surface area contributed by atoms with Gasteiger partial charge in [0.2, 0.25) is 0 Å². The smallest absolute Gasteiger partial charge is 0.273 e. The molecule has 2 rings (SSSR count). The van der Waals surface area contributed by atoms with Gasteiger partial charge in [0.1, 0.15) is 10.7 Å². The van der Waals surface area contributed by atoms with Crippen LogP contribution in [0.4, 0.5) is 0 Å². The van der Waals surface area contributed by atoms with Gasteiger partial charge < -0.3 is 15.7 Å². The minimum atomic E-state index is -0.403. The summed E-state index contributed by atoms with van der Waals surface area (Å²) >= 11 is 1.40. The number of nitrogens with two attached hydrogens (primary N) is 1. The molecule has 1 aromatic rings. The zero-order chi connectivity index (χ0) is 12.4. The van der Waals surface area contributed by atoms with Crippen molar-refractivity contribution < 1.29 is 9.90 Å². The second-order valence-electron chi connectivity index (χ2n) is 4.41. The van der Waals surface area contributed by atoms with E-state index in [1.807, 2.05) is 6.92 Å². The summed E-state index contributed by atoms with van der Waals surface area (Å²) in [4.78, 5) is 18.0. The number of carbonyl (C=O) groups is 1. The van der Waals surface area contributed by atoms with Crippen molar-refractivity contribution in [3.8, 4) is 0 Å². The second kappa shape index (κ2) is 5.12. The highest BCUT2D eigenvalue weighted by Gasteiger charge is 2.24. The van der Waals surface area contributed by atoms with Crippen molar-refractivity contribution in [3.63, 3.8) is 0 Å². The van der Waals surface area contributed by atoms with E-state index in [4.69, 9.17) is 5.73 Å². The highest BCUT2D eigenvalue weighted by molar-refractivity contribution is 7.09. The third kappa shape index (κ3) is 2.83. The van der Waals surface area contributed by atoms with E-state index >= 15 is 0 Å². The Morgan fingerprint density at radius 2 is 2.53 bits per heavy atom. The number of β-amino-alcohol motifs (C(OH)–C–C–N with tert-alkyl or cyclic N) is 1. The molecule has 2 heterocycles. The van der Waals surface area contributed by atoms with Crippen molar-refractivity contribution >= 4 is 17.2 Å². The minimum Gasteiger partial charge on any atom is -0.391 e. The molecule has 1 unspecified atom stereocenters. The number of amides is 1. The van der Waals surface area contributed by atoms with Crippen LogP contribution in [0.1, 0.15) is 41.3 Å². The van der Waals surface area contributed by atoms with Gasteiger partial charge in [-0.15, -0.1) is 11.3 Å². The first-order valence-electron chi connectivity index (χ1n) is 5.76. The quantitative estimate of drug-likeness (QED) is 0.817. The summed E-state index contributed by atoms with van der Waals surface area (Å²) in [6, 6.07) is -0.145. The molecule has 1 amide bonds. The van der Waals surface area contributed by atoms with Gasteiger partial charge in [-0.2, -0.15) is 0 Å². The lowest BCUT2D eigenvalue weighted by atomic mass is 10.1. The summed E-state index contributed by atoms with van der Waals surface area (Å²) < 4.78 is 0. The van der Waals surface area contributed by atoms with Gasteiger partial charge in [0.15, 0.2) is 0 Å². The van der Waals surface area contributed by atoms with Crippen LogP contribution in [-0.2, 0) is 0 Å². The van der Waals surface area contributed by atoms with Crippen molar-refractivity contribution in [2.75, 3.05) is 13.1 Å². The van der Waals surface area contributed by atoms with Crippen LogP contribution in [0.3, 0.4) is 0 Å². The Balaban J connectivity index is 2.07. The number of piperidine rings is 1. The summed E-state index contributed by atoms with van der Waals surface area (Å²) in [5.74, 6) is -0.105. The predicted octanol–water partition coefficient (Wildman–Crippen LogP) is 0.760. The number of rotatable bonds is 2. The molecule has 6 heteroatoms. The predicted molar refractivity (Wildman–Crippen MR) is 65.9 cm³/mol. The fourth-order valence-electron chi connectivity index (χ4n) is 1.90. The van der Waals surface area contributed by atoms with Crippen LogP contribution >= 0.6 is 11.3 Å². The van der Waals surface area contributed by atoms with Gasteiger partial charge in [0.25, 0.3) is 5.91 Å². The normalized spacial score (nSPS) is 22.5. The number of aliphatic hydroxyl groups excluding tert-OH is 1. The van der Waals surface area contributed by atoms with Gasteiger partial charge in [-0.1, -0.05) is 0 Å². The van der Waals surface area contributed by atoms with Gasteiger partial charge in [0, 0.05) is 18.5 Å². The molecule has 1 aliphatic rings. The van der Waals surface area contributed by atoms with Crippen LogP contribution < -0.4 is 5.73 Å². The first-order valence-corrected chi connectivity index (χ1v) is 6.64. The highest BCUT2D eigenvalue weighted by Crippen LogP contribution is 2.19. The molecule has 2 atom stereocenters. The van der Waals surface area contributed by atoms with Gasteiger partial charge in [-0.3, -0.25) is 4.79 Å². The first kappa shape index (κ1) is 12.5. The van der Waals surface area contributed by atoms with Crippen LogP contribution in [-0.4, -0.2) is 40.1 Å². The number of hydrogen-bond acceptors (Lipinski definition) is 5. The minimum absolute atomic E-state index is 0.105. The molecule has 1 fully saturated rings. The standard InChI is InChI=1S/C11H17N3O2S/c1-7(12)10-13-9(6-17-10)11(16)14-4-2-3-8(15)5-14/h6-8,15H,2-5,12H2,1H3/t7?,8-/m0/s1. The lowest BCUT2D eigenvalue weighted by Gasteiger charge is -2.29. The summed E-state index contributed by atoms with van der Waals surface area (Å²) in [5, 5.41) is 12.0. The van der Waals surface area contributed by atoms with Crippen LogP contribution in [0.5, 0.6) is 0 Å². The molecule has 0 radical (unpaired) electrons. The van der Waals surface area contributed by atoms with Crippen LogP contribution in [0.15, 0.2) is 5.38 Å². The maximum atomic E-state index is 12.1. The molecule has 0 bridgehead atoms. The van der Waals surface area contributed by atoms with E-state index in [9.17, 15) is 9.90 Å². The van der Waals surface area contributed by atoms with Crippen molar-refractivity contribution in [1.82, 2.24) is 9.88 Å². The molecular formula is C11H17N3O2S. The Morgan fingerprint density at radius 1 is 1.76 bits per heavy atom. The SMILES string of the molecule is CC(N)c1nc(C(=O)N2CCC[C@H](O)C2)cs1. The highest BCUT2D eigenvalue weighted by atomic mass is 32.1. The van der Waals surface area contributed by atoms with Gasteiger partial charge in [0.05, 0.1) is 12.1 Å². The fourth-order valence-corrected chi connectivity index (χ4v) is 2.65. The van der Waals surface area contributed by atoms with Crippen molar-refractivity contribution in [3.05, 3.63) is 16.1 Å². The van der Waals surface area contributed by atoms with E-state index in [0.29, 0.717) is 18.8 Å². The maximum Gasteiger partial charge on any atom is 0.273 e. The van der Waals surface area contributed by atoms with E-state index in [1.54, 1.807) is 10.3 Å². The van der Waals surface area contributed by atoms with E-state index < -0.39 is 6.10 Å². The average molecular weight is 255 g/mol. The molecule has 1 saturated heterocycles. The van der Waals surface area contributed by atoms with Crippen LogP contribution in [0, 0.1) is 0 Å². The number of aliphatic hydroxyl groups is 1. The number of aromatic nitrogens is 1. The van der Waals surface area contributed by atoms with Gasteiger partial charge in [-0.05, 0) is 19.8 Å². The van der Waals surface area contributed by atoms with E-state index in [2.05, 4.69) is 4.98 Å². The lowest BCUT2D eigenvalue weighted by Crippen LogP contribution is -2.42. The summed E-state index contributed by atoms with van der Waals surface area (Å²) in [6.07, 6.45) is 1.21. The van der Waals surface area contributed by atoms with E-state index in [-0.39, 0.29) is 11.9 Å². The monoisotopic (exact) mass is 255 g/mol. The maximum absolute atomic E-state index is 12.1. The zero-order valence-electron chi connectivity index (χ0n) is 9.80. The largest absolute Gasteiger partial charge is 0.391 e. The number of carbonyl (C=O) groups excluding carboxylic acids is 1. The molecule has 94 valence electrons. The number of nitrogens with zero attached hydrogens (tertiary/aromatic N) is 2. The number of thiazole rings is 1. The third-order valence-corrected chi connectivity index (χ3v) is 3.86. The first-order chi connectivity index (χ1) is 8.08. The van der Waals surface area contributed by atoms with E-state index in [1.165, 1.54) is 11.3 Å². The Kier molecular flexibility index (Phi) is 3.76. The molecule has 17 heavy (non-hydrogen) atoms. The molecule has 0 aromatic carbocycles. The van der Waals surface area contributed by atoms with Gasteiger partial charge in [-0.25, -0.2) is 4.98 Å². The molecule has 1 aromatic heterocycles. The average Bonchev–Trinajstić information content (AvgIpc) is 2.77. The molecule has 0 saturated carbocycles. The second-order valence-corrected chi connectivity index (χ2v) is 5.30. The summed E-state index contributed by atoms with van der Waals surface area (Å²) in [7, 11) is 0. The van der Waals surface area contributed by atoms with Crippen LogP contribution in [0.25, 0.3) is 0 Å². The van der Waals surface area contributed by atoms with Gasteiger partial charge >= 0.3 is 0 Å². The third-order valence-electron chi connectivity index (χ3n) is 2.81. The molecule has 5 nitrogen and oxygen atoms in total. The Labute approximate surface area is 104 Å². The molecule has 1 aliphatic heterocycles. The topological polar surface area (TPSA) is 79.5 Å². The van der Waals surface area contributed by atoms with Crippen molar-refractivity contribution in [2.24, 2.45) is 5.73 Å². The van der Waals surface area contributed by atoms with Crippen molar-refractivity contribution in [1.29, 1.82) is 0 Å². The Morgan fingerprint density at radius 3 is 3.12 bits per heavy atom. The molecule has 0 aliphatic carbocycles. The molecular weight excluding hydrogens is 238 g/mol. The molecule has 3 N–H and O–H groups in total. The zero-order valence-corrected chi connectivity index (χ0v) is 10.6. The van der Waals surface area contributed by atoms with Crippen molar-refractivity contribution in [2.45, 2.75) is 31.9 Å². The molecule has 0 spiro atoms. The Hall–Kier alpha value is -0.980. The van der Waals surface area contributed by atoms with Crippen LogP contribution in [0.2, 0.25) is 0 Å². The summed E-state index contributed by atoms with van der Waals surface area (Å²) in [6.45, 7) is 2.95. The number of likely N-dealkylation sites (tertiary alicyclic amines) is 1. The Bertz CT molecular complexity index is 405. The van der Waals surface area contributed by atoms with E-state index in [0.717, 1.165) is 17.8 Å². The number of hydrogen-bond donors (Lipinski definition) is 2. The fraction of sp³-hybridized carbons (Fsp3) is 0.636. The summed E-state index contributed by atoms with van der Waals surface area (Å²) in [5.41, 5.74) is 6.15. The lowest BCUT2D eigenvalue weighted by molar-refractivity contribution is 0.0469.